The highest BCUT2D eigenvalue weighted by Crippen LogP contribution is 2.35. The lowest BCUT2D eigenvalue weighted by Crippen LogP contribution is -2.26. The number of carbonyl (C=O) groups excluding carboxylic acids is 1. The number of benzene rings is 2. The summed E-state index contributed by atoms with van der Waals surface area (Å²) in [6.45, 7) is 10.9. The van der Waals surface area contributed by atoms with Gasteiger partial charge in [-0.2, -0.15) is 0 Å². The van der Waals surface area contributed by atoms with Crippen LogP contribution in [0.5, 0.6) is 11.5 Å². The molecule has 0 spiro atoms. The highest BCUT2D eigenvalue weighted by atomic mass is 16.6. The van der Waals surface area contributed by atoms with Gasteiger partial charge in [-0.1, -0.05) is 17.2 Å². The highest BCUT2D eigenvalue weighted by Gasteiger charge is 2.22. The number of aromatic nitrogens is 2. The number of rotatable bonds is 3. The molecule has 4 rings (SSSR count). The summed E-state index contributed by atoms with van der Waals surface area (Å²) in [5, 5.41) is 0. The Morgan fingerprint density at radius 3 is 2.41 bits per heavy atom. The van der Waals surface area contributed by atoms with Crippen molar-refractivity contribution in [2.24, 2.45) is 0 Å². The fourth-order valence-corrected chi connectivity index (χ4v) is 3.71. The molecule has 0 radical (unpaired) electrons. The van der Waals surface area contributed by atoms with E-state index in [0.29, 0.717) is 30.3 Å². The maximum Gasteiger partial charge on any atom is 0.270 e. The fourth-order valence-electron chi connectivity index (χ4n) is 3.71. The zero-order valence-corrected chi connectivity index (χ0v) is 17.4. The number of amides is 1. The quantitative estimate of drug-likeness (QED) is 0.725. The first-order valence-corrected chi connectivity index (χ1v) is 9.70. The van der Waals surface area contributed by atoms with Crippen LogP contribution in [0.3, 0.4) is 0 Å². The minimum atomic E-state index is -0.217. The molecule has 2 aromatic carbocycles. The molecule has 0 bridgehead atoms. The number of nitrogens with zero attached hydrogens (tertiary/aromatic N) is 2. The van der Waals surface area contributed by atoms with E-state index in [1.807, 2.05) is 20.8 Å². The third-order valence-electron chi connectivity index (χ3n) is 5.24. The third kappa shape index (κ3) is 3.46. The summed E-state index contributed by atoms with van der Waals surface area (Å²) in [4.78, 5) is 17.8. The van der Waals surface area contributed by atoms with E-state index < -0.39 is 0 Å². The first-order valence-electron chi connectivity index (χ1n) is 9.70. The van der Waals surface area contributed by atoms with Crippen molar-refractivity contribution in [2.45, 2.75) is 34.6 Å². The minimum absolute atomic E-state index is 0.217. The highest BCUT2D eigenvalue weighted by molar-refractivity contribution is 6.02. The second kappa shape index (κ2) is 7.28. The average Bonchev–Trinajstić information content (AvgIpc) is 2.96. The van der Waals surface area contributed by atoms with Gasteiger partial charge in [0.15, 0.2) is 17.3 Å². The van der Waals surface area contributed by atoms with Crippen LogP contribution in [0.15, 0.2) is 30.3 Å². The molecule has 6 nitrogen and oxygen atoms in total. The van der Waals surface area contributed by atoms with Crippen molar-refractivity contribution in [3.05, 3.63) is 64.0 Å². The fraction of sp³-hybridized carbons (Fsp3) is 0.304. The van der Waals surface area contributed by atoms with Crippen molar-refractivity contribution in [3.8, 4) is 22.9 Å². The Balaban J connectivity index is 1.73. The number of aryl methyl sites for hydroxylation is 3. The van der Waals surface area contributed by atoms with Crippen molar-refractivity contribution in [2.75, 3.05) is 18.6 Å². The number of imidazole rings is 1. The Morgan fingerprint density at radius 1 is 1.00 bits per heavy atom. The number of carbonyl (C=O) groups is 1. The third-order valence-corrected chi connectivity index (χ3v) is 5.24. The van der Waals surface area contributed by atoms with Crippen molar-refractivity contribution < 1.29 is 14.3 Å². The largest absolute Gasteiger partial charge is 0.486 e. The Hall–Kier alpha value is -3.28. The molecule has 0 aliphatic carbocycles. The number of hydrogen-bond acceptors (Lipinski definition) is 4. The molecule has 0 saturated heterocycles. The summed E-state index contributed by atoms with van der Waals surface area (Å²) >= 11 is 0. The lowest BCUT2D eigenvalue weighted by Gasteiger charge is -2.21. The van der Waals surface area contributed by atoms with E-state index in [1.165, 1.54) is 0 Å². The maximum absolute atomic E-state index is 13.1. The van der Waals surface area contributed by atoms with E-state index in [2.05, 4.69) is 37.5 Å². The minimum Gasteiger partial charge on any atom is -0.486 e. The van der Waals surface area contributed by atoms with Crippen LogP contribution in [0.4, 0.5) is 0 Å². The average molecular weight is 391 g/mol. The first-order chi connectivity index (χ1) is 13.8. The zero-order valence-electron chi connectivity index (χ0n) is 17.4. The summed E-state index contributed by atoms with van der Waals surface area (Å²) in [6.07, 6.45) is 0. The van der Waals surface area contributed by atoms with Gasteiger partial charge in [-0.15, -0.1) is 0 Å². The Bertz CT molecular complexity index is 1090. The van der Waals surface area contributed by atoms with E-state index in [9.17, 15) is 4.79 Å². The molecule has 2 heterocycles. The second-order valence-corrected chi connectivity index (χ2v) is 7.52. The SMILES string of the molecule is Cc1cc(C)cc(-c2nc(C)c(C)n2NC(=O)c2ccc3c(c2C)OCCO3)c1. The van der Waals surface area contributed by atoms with Crippen LogP contribution in [0.2, 0.25) is 0 Å². The predicted octanol–water partition coefficient (Wildman–Crippen LogP) is 4.25. The molecule has 1 N–H and O–H groups in total. The molecule has 1 aromatic heterocycles. The van der Waals surface area contributed by atoms with Crippen LogP contribution in [-0.2, 0) is 0 Å². The molecule has 29 heavy (non-hydrogen) atoms. The van der Waals surface area contributed by atoms with Crippen LogP contribution in [-0.4, -0.2) is 28.8 Å². The number of ether oxygens (including phenoxy) is 2. The molecule has 6 heteroatoms. The smallest absolute Gasteiger partial charge is 0.270 e. The molecule has 1 aliphatic heterocycles. The lowest BCUT2D eigenvalue weighted by molar-refractivity contribution is 0.101. The van der Waals surface area contributed by atoms with E-state index in [-0.39, 0.29) is 5.91 Å². The molecule has 0 fully saturated rings. The topological polar surface area (TPSA) is 65.4 Å². The monoisotopic (exact) mass is 391 g/mol. The summed E-state index contributed by atoms with van der Waals surface area (Å²) < 4.78 is 13.1. The van der Waals surface area contributed by atoms with Crippen LogP contribution >= 0.6 is 0 Å². The summed E-state index contributed by atoms with van der Waals surface area (Å²) in [5.74, 6) is 1.81. The van der Waals surface area contributed by atoms with Crippen molar-refractivity contribution in [1.82, 2.24) is 9.66 Å². The van der Waals surface area contributed by atoms with E-state index in [0.717, 1.165) is 39.5 Å². The Morgan fingerprint density at radius 2 is 1.69 bits per heavy atom. The van der Waals surface area contributed by atoms with Gasteiger partial charge in [-0.25, -0.2) is 9.66 Å². The molecule has 1 amide bonds. The van der Waals surface area contributed by atoms with Gasteiger partial charge >= 0.3 is 0 Å². The molecule has 1 aliphatic rings. The summed E-state index contributed by atoms with van der Waals surface area (Å²) in [6, 6.07) is 9.83. The molecule has 3 aromatic rings. The number of nitrogens with one attached hydrogen (secondary N) is 1. The van der Waals surface area contributed by atoms with Crippen molar-refractivity contribution in [3.63, 3.8) is 0 Å². The van der Waals surface area contributed by atoms with Gasteiger partial charge in [0, 0.05) is 16.7 Å². The van der Waals surface area contributed by atoms with Gasteiger partial charge in [0.05, 0.1) is 11.4 Å². The second-order valence-electron chi connectivity index (χ2n) is 7.52. The summed E-state index contributed by atoms with van der Waals surface area (Å²) in [7, 11) is 0. The van der Waals surface area contributed by atoms with Crippen molar-refractivity contribution >= 4 is 5.91 Å². The van der Waals surface area contributed by atoms with Gasteiger partial charge in [0.2, 0.25) is 0 Å². The zero-order chi connectivity index (χ0) is 20.7. The van der Waals surface area contributed by atoms with Crippen LogP contribution in [0, 0.1) is 34.6 Å². The van der Waals surface area contributed by atoms with Crippen molar-refractivity contribution in [1.29, 1.82) is 0 Å². The number of fused-ring (bicyclic) bond motifs is 1. The van der Waals surface area contributed by atoms with Gasteiger partial charge in [0.25, 0.3) is 5.91 Å². The van der Waals surface area contributed by atoms with Gasteiger partial charge in [0.1, 0.15) is 13.2 Å². The van der Waals surface area contributed by atoms with E-state index in [4.69, 9.17) is 14.5 Å². The van der Waals surface area contributed by atoms with Crippen LogP contribution in [0.1, 0.15) is 38.4 Å². The van der Waals surface area contributed by atoms with Gasteiger partial charge in [-0.05, 0) is 58.9 Å². The van der Waals surface area contributed by atoms with Crippen LogP contribution in [0.25, 0.3) is 11.4 Å². The molecule has 0 unspecified atom stereocenters. The molecular formula is C23H25N3O3. The van der Waals surface area contributed by atoms with Gasteiger partial charge < -0.3 is 9.47 Å². The lowest BCUT2D eigenvalue weighted by atomic mass is 10.1. The van der Waals surface area contributed by atoms with Gasteiger partial charge in [-0.3, -0.25) is 10.2 Å². The van der Waals surface area contributed by atoms with E-state index >= 15 is 0 Å². The standard InChI is InChI=1S/C23H25N3O3/c1-13-10-14(2)12-18(11-13)22-24-16(4)17(5)26(22)25-23(27)19-6-7-20-21(15(19)3)29-9-8-28-20/h6-7,10-12H,8-9H2,1-5H3,(H,25,27). The first kappa shape index (κ1) is 19.1. The van der Waals surface area contributed by atoms with E-state index in [1.54, 1.807) is 16.8 Å². The molecular weight excluding hydrogens is 366 g/mol. The predicted molar refractivity (Wildman–Crippen MR) is 112 cm³/mol. The molecule has 0 atom stereocenters. The Labute approximate surface area is 170 Å². The Kier molecular flexibility index (Phi) is 4.78. The normalized spacial score (nSPS) is 12.7. The maximum atomic E-state index is 13.1. The van der Waals surface area contributed by atoms with Crippen LogP contribution < -0.4 is 14.9 Å². The summed E-state index contributed by atoms with van der Waals surface area (Å²) in [5.41, 5.74) is 9.37. The molecule has 150 valence electrons. The number of hydrogen-bond donors (Lipinski definition) is 1. The molecule has 0 saturated carbocycles.